The highest BCUT2D eigenvalue weighted by Crippen LogP contribution is 2.57. The fourth-order valence-electron chi connectivity index (χ4n) is 10.0. The number of nitrogens with zero attached hydrogens (tertiary/aromatic N) is 3. The summed E-state index contributed by atoms with van der Waals surface area (Å²) in [5, 5.41) is 13.8. The van der Waals surface area contributed by atoms with Crippen molar-refractivity contribution in [3.8, 4) is 78.6 Å². The largest absolute Gasteiger partial charge is 0.507 e. The second kappa shape index (κ2) is 15.3. The van der Waals surface area contributed by atoms with Crippen LogP contribution in [0.2, 0.25) is 0 Å². The van der Waals surface area contributed by atoms with Gasteiger partial charge < -0.3 is 5.11 Å². The zero-order chi connectivity index (χ0) is 45.7. The number of pyridine rings is 1. The Morgan fingerprint density at radius 2 is 1.18 bits per heavy atom. The Morgan fingerprint density at radius 3 is 1.83 bits per heavy atom. The molecule has 3 heterocycles. The van der Waals surface area contributed by atoms with Crippen molar-refractivity contribution in [2.24, 2.45) is 0 Å². The highest BCUT2D eigenvalue weighted by atomic mass is 32.1. The summed E-state index contributed by atoms with van der Waals surface area (Å²) in [5.74, 6) is 0.978. The van der Waals surface area contributed by atoms with E-state index in [1.54, 1.807) is 0 Å². The van der Waals surface area contributed by atoms with Crippen molar-refractivity contribution in [1.29, 1.82) is 0 Å². The summed E-state index contributed by atoms with van der Waals surface area (Å²) in [7, 11) is 0. The van der Waals surface area contributed by atoms with Crippen molar-refractivity contribution in [2.75, 3.05) is 0 Å². The van der Waals surface area contributed by atoms with Crippen LogP contribution in [0, 0.1) is 0 Å². The van der Waals surface area contributed by atoms with Crippen LogP contribution in [0.1, 0.15) is 77.0 Å². The number of aromatic hydroxyl groups is 1. The summed E-state index contributed by atoms with van der Waals surface area (Å²) in [5.41, 5.74) is 17.5. The summed E-state index contributed by atoms with van der Waals surface area (Å²) in [4.78, 5) is 12.1. The first-order valence-electron chi connectivity index (χ1n) is 23.0. The topological polar surface area (TPSA) is 50.9 Å². The van der Waals surface area contributed by atoms with E-state index in [2.05, 4.69) is 224 Å². The van der Waals surface area contributed by atoms with Gasteiger partial charge in [-0.1, -0.05) is 171 Å². The van der Waals surface area contributed by atoms with Gasteiger partial charge in [0.2, 0.25) is 0 Å². The number of fused-ring (bicyclic) bond motifs is 7. The molecular weight excluding hydrogens is 823 g/mol. The number of hydrogen-bond donors (Lipinski definition) is 1. The lowest BCUT2D eigenvalue weighted by atomic mass is 9.79. The molecule has 0 bridgehead atoms. The average molecular weight is 876 g/mol. The van der Waals surface area contributed by atoms with Crippen LogP contribution in [0.25, 0.3) is 94.0 Å². The molecule has 66 heavy (non-hydrogen) atoms. The van der Waals surface area contributed by atoms with E-state index in [0.717, 1.165) is 77.9 Å². The minimum Gasteiger partial charge on any atom is -0.507 e. The van der Waals surface area contributed by atoms with E-state index in [-0.39, 0.29) is 22.0 Å². The highest BCUT2D eigenvalue weighted by Gasteiger charge is 2.40. The third-order valence-corrected chi connectivity index (χ3v) is 15.1. The number of hydrogen-bond acceptors (Lipinski definition) is 4. The molecule has 11 rings (SSSR count). The van der Waals surface area contributed by atoms with E-state index < -0.39 is 0 Å². The maximum atomic E-state index is 12.6. The zero-order valence-corrected chi connectivity index (χ0v) is 39.7. The third kappa shape index (κ3) is 6.79. The molecule has 1 aliphatic rings. The van der Waals surface area contributed by atoms with Gasteiger partial charge in [-0.15, -0.1) is 11.3 Å². The van der Waals surface area contributed by atoms with Crippen molar-refractivity contribution in [1.82, 2.24) is 14.5 Å². The molecule has 0 fully saturated rings. The van der Waals surface area contributed by atoms with Crippen LogP contribution in [0.3, 0.4) is 0 Å². The average Bonchev–Trinajstić information content (AvgIpc) is 3.97. The molecule has 0 spiro atoms. The SMILES string of the molecule is CC(C)(C)c1cc(-c2nc3c4c5c(sc4ccc3n2-c2ccc(-c3ccccc3)cc2-c2ccccc2)C(C)(C)c2ccc(-c3cc(-c4ccccc4)ccn3)cc2-5)c(O)c(C(C)(C)C)c1. The maximum Gasteiger partial charge on any atom is 0.149 e. The fraction of sp³-hybridized carbons (Fsp3) is 0.180. The monoisotopic (exact) mass is 875 g/mol. The van der Waals surface area contributed by atoms with Gasteiger partial charge in [0.25, 0.3) is 0 Å². The van der Waals surface area contributed by atoms with Crippen molar-refractivity contribution >= 4 is 32.5 Å². The number of phenols is 1. The van der Waals surface area contributed by atoms with Crippen molar-refractivity contribution in [2.45, 2.75) is 71.6 Å². The minimum atomic E-state index is -0.326. The van der Waals surface area contributed by atoms with Gasteiger partial charge >= 0.3 is 0 Å². The number of thiophene rings is 1. The van der Waals surface area contributed by atoms with Gasteiger partial charge in [-0.05, 0) is 104 Å². The van der Waals surface area contributed by atoms with Crippen LogP contribution in [0.4, 0.5) is 0 Å². The quantitative estimate of drug-likeness (QED) is 0.181. The molecular formula is C61H53N3OS. The first kappa shape index (κ1) is 41.6. The zero-order valence-electron chi connectivity index (χ0n) is 38.9. The van der Waals surface area contributed by atoms with Crippen molar-refractivity contribution < 1.29 is 5.11 Å². The predicted octanol–water partition coefficient (Wildman–Crippen LogP) is 16.6. The molecule has 4 nitrogen and oxygen atoms in total. The Labute approximate surface area is 391 Å². The predicted molar refractivity (Wildman–Crippen MR) is 278 cm³/mol. The van der Waals surface area contributed by atoms with Gasteiger partial charge in [-0.25, -0.2) is 4.98 Å². The van der Waals surface area contributed by atoms with Gasteiger partial charge in [-0.2, -0.15) is 0 Å². The molecule has 3 aromatic heterocycles. The van der Waals surface area contributed by atoms with Crippen LogP contribution in [0.15, 0.2) is 170 Å². The molecule has 0 radical (unpaired) electrons. The molecule has 0 aliphatic heterocycles. The van der Waals surface area contributed by atoms with Crippen LogP contribution < -0.4 is 0 Å². The molecule has 10 aromatic rings. The molecule has 0 atom stereocenters. The van der Waals surface area contributed by atoms with E-state index in [1.807, 2.05) is 17.5 Å². The normalized spacial score (nSPS) is 13.3. The standard InChI is InChI=1S/C61H53N3OS/c1-59(2,3)43-35-46(56(65)48(36-43)60(4,5)6)58-63-55-51(64(58)50-27-25-40(37-18-12-9-13-19-37)32-44(50)39-22-16-11-17-23-39)28-29-52-54(55)53-45-33-42(24-26-47(45)61(7,8)57(53)66-52)49-34-41(30-31-62-49)38-20-14-10-15-21-38/h9-36,65H,1-8H3. The van der Waals surface area contributed by atoms with Gasteiger partial charge in [0.15, 0.2) is 0 Å². The Morgan fingerprint density at radius 1 is 0.561 bits per heavy atom. The Balaban J connectivity index is 1.22. The summed E-state index contributed by atoms with van der Waals surface area (Å²) in [6.45, 7) is 18.0. The summed E-state index contributed by atoms with van der Waals surface area (Å²) in [6, 6.07) is 58.6. The van der Waals surface area contributed by atoms with Crippen molar-refractivity contribution in [3.05, 3.63) is 192 Å². The molecule has 0 unspecified atom stereocenters. The third-order valence-electron chi connectivity index (χ3n) is 13.6. The smallest absolute Gasteiger partial charge is 0.149 e. The lowest BCUT2D eigenvalue weighted by Crippen LogP contribution is -2.17. The molecule has 5 heteroatoms. The van der Waals surface area contributed by atoms with Crippen LogP contribution in [-0.2, 0) is 16.2 Å². The molecule has 1 N–H and O–H groups in total. The number of benzene rings is 7. The minimum absolute atomic E-state index is 0.185. The van der Waals surface area contributed by atoms with E-state index >= 15 is 0 Å². The lowest BCUT2D eigenvalue weighted by molar-refractivity contribution is 0.446. The Kier molecular flexibility index (Phi) is 9.62. The molecule has 1 aliphatic carbocycles. The highest BCUT2D eigenvalue weighted by molar-refractivity contribution is 7.20. The molecule has 7 aromatic carbocycles. The molecule has 0 saturated heterocycles. The molecule has 0 saturated carbocycles. The molecule has 324 valence electrons. The fourth-order valence-corrected chi connectivity index (χ4v) is 11.4. The van der Waals surface area contributed by atoms with Gasteiger partial charge in [0, 0.05) is 48.8 Å². The first-order chi connectivity index (χ1) is 31.7. The van der Waals surface area contributed by atoms with Gasteiger partial charge in [0.05, 0.1) is 28.0 Å². The number of rotatable bonds is 6. The van der Waals surface area contributed by atoms with E-state index in [1.165, 1.54) is 31.8 Å². The second-order valence-electron chi connectivity index (χ2n) is 20.4. The second-order valence-corrected chi connectivity index (χ2v) is 21.5. The lowest BCUT2D eigenvalue weighted by Gasteiger charge is -2.27. The number of aromatic nitrogens is 3. The Hall–Kier alpha value is -7.08. The Bertz CT molecular complexity index is 3510. The summed E-state index contributed by atoms with van der Waals surface area (Å²) < 4.78 is 3.52. The van der Waals surface area contributed by atoms with E-state index in [9.17, 15) is 5.11 Å². The van der Waals surface area contributed by atoms with Crippen molar-refractivity contribution in [3.63, 3.8) is 0 Å². The number of imidazole rings is 1. The van der Waals surface area contributed by atoms with E-state index in [0.29, 0.717) is 5.82 Å². The summed E-state index contributed by atoms with van der Waals surface area (Å²) in [6.07, 6.45) is 1.92. The number of phenolic OH excluding ortho intramolecular Hbond substituents is 1. The van der Waals surface area contributed by atoms with Crippen LogP contribution in [-0.4, -0.2) is 19.6 Å². The van der Waals surface area contributed by atoms with Gasteiger partial charge in [-0.3, -0.25) is 9.55 Å². The maximum absolute atomic E-state index is 12.6. The van der Waals surface area contributed by atoms with E-state index in [4.69, 9.17) is 9.97 Å². The van der Waals surface area contributed by atoms with Crippen LogP contribution >= 0.6 is 11.3 Å². The first-order valence-corrected chi connectivity index (χ1v) is 23.8. The summed E-state index contributed by atoms with van der Waals surface area (Å²) >= 11 is 1.87. The molecule has 0 amide bonds. The van der Waals surface area contributed by atoms with Crippen LogP contribution in [0.5, 0.6) is 5.75 Å². The van der Waals surface area contributed by atoms with Gasteiger partial charge in [0.1, 0.15) is 11.6 Å².